The van der Waals surface area contributed by atoms with Crippen LogP contribution in [0.4, 0.5) is 4.39 Å². The van der Waals surface area contributed by atoms with E-state index in [1.54, 1.807) is 29.3 Å². The maximum atomic E-state index is 13.6. The molecule has 1 fully saturated rings. The van der Waals surface area contributed by atoms with E-state index in [0.29, 0.717) is 25.1 Å². The summed E-state index contributed by atoms with van der Waals surface area (Å²) >= 11 is 0. The Morgan fingerprint density at radius 2 is 2.14 bits per heavy atom. The van der Waals surface area contributed by atoms with Gasteiger partial charge >= 0.3 is 0 Å². The zero-order valence-electron chi connectivity index (χ0n) is 12.2. The Hall–Kier alpha value is -2.21. The van der Waals surface area contributed by atoms with Crippen LogP contribution >= 0.6 is 0 Å². The van der Waals surface area contributed by atoms with Crippen LogP contribution in [0.2, 0.25) is 0 Å². The van der Waals surface area contributed by atoms with Gasteiger partial charge in [0.15, 0.2) is 0 Å². The van der Waals surface area contributed by atoms with Crippen LogP contribution in [-0.2, 0) is 11.2 Å². The minimum Gasteiger partial charge on any atom is -0.338 e. The molecule has 3 rings (SSSR count). The molecule has 1 aromatic heterocycles. The van der Waals surface area contributed by atoms with E-state index in [0.717, 1.165) is 0 Å². The zero-order chi connectivity index (χ0) is 15.5. The summed E-state index contributed by atoms with van der Waals surface area (Å²) in [4.78, 5) is 13.9. The second-order valence-electron chi connectivity index (χ2n) is 5.70. The first-order valence-electron chi connectivity index (χ1n) is 7.39. The van der Waals surface area contributed by atoms with Crippen LogP contribution in [0, 0.1) is 5.82 Å². The lowest BCUT2D eigenvalue weighted by molar-refractivity contribution is -0.137. The number of halogens is 1. The number of likely N-dealkylation sites (tertiary alicyclic amines) is 1. The van der Waals surface area contributed by atoms with Gasteiger partial charge in [-0.3, -0.25) is 9.48 Å². The van der Waals surface area contributed by atoms with E-state index in [4.69, 9.17) is 5.73 Å². The molecule has 0 spiro atoms. The molecule has 5 nitrogen and oxygen atoms in total. The molecule has 0 bridgehead atoms. The van der Waals surface area contributed by atoms with Crippen LogP contribution in [-0.4, -0.2) is 39.7 Å². The van der Waals surface area contributed by atoms with Gasteiger partial charge in [0.1, 0.15) is 5.82 Å². The molecule has 1 saturated heterocycles. The number of carbonyl (C=O) groups excluding carboxylic acids is 1. The first-order chi connectivity index (χ1) is 10.6. The Morgan fingerprint density at radius 1 is 1.36 bits per heavy atom. The van der Waals surface area contributed by atoms with Crippen molar-refractivity contribution in [1.29, 1.82) is 0 Å². The Kier molecular flexibility index (Phi) is 4.20. The summed E-state index contributed by atoms with van der Waals surface area (Å²) in [6, 6.07) is 8.29. The Morgan fingerprint density at radius 3 is 2.82 bits per heavy atom. The Balaban J connectivity index is 1.47. The summed E-state index contributed by atoms with van der Waals surface area (Å²) in [6.07, 6.45) is 4.24. The van der Waals surface area contributed by atoms with Gasteiger partial charge in [0.05, 0.1) is 6.04 Å². The second kappa shape index (κ2) is 6.27. The fraction of sp³-hybridized carbons (Fsp3) is 0.375. The maximum Gasteiger partial charge on any atom is 0.224 e. The number of hydrogen-bond donors (Lipinski definition) is 1. The molecule has 1 aliphatic heterocycles. The Labute approximate surface area is 128 Å². The van der Waals surface area contributed by atoms with Crippen molar-refractivity contribution in [2.75, 3.05) is 13.1 Å². The topological polar surface area (TPSA) is 64.2 Å². The summed E-state index contributed by atoms with van der Waals surface area (Å²) in [7, 11) is 0. The predicted molar refractivity (Wildman–Crippen MR) is 80.5 cm³/mol. The fourth-order valence-corrected chi connectivity index (χ4v) is 2.69. The van der Waals surface area contributed by atoms with Gasteiger partial charge in [-0.1, -0.05) is 18.2 Å². The molecular formula is C16H19FN4O. The average molecular weight is 302 g/mol. The third kappa shape index (κ3) is 3.17. The van der Waals surface area contributed by atoms with E-state index in [1.807, 2.05) is 16.9 Å². The smallest absolute Gasteiger partial charge is 0.224 e. The first kappa shape index (κ1) is 14.7. The van der Waals surface area contributed by atoms with Crippen molar-refractivity contribution in [3.05, 3.63) is 54.1 Å². The van der Waals surface area contributed by atoms with Crippen LogP contribution < -0.4 is 5.73 Å². The van der Waals surface area contributed by atoms with Gasteiger partial charge in [0, 0.05) is 37.9 Å². The van der Waals surface area contributed by atoms with Crippen molar-refractivity contribution < 1.29 is 9.18 Å². The quantitative estimate of drug-likeness (QED) is 0.907. The number of carbonyl (C=O) groups is 1. The number of rotatable bonds is 5. The van der Waals surface area contributed by atoms with Crippen molar-refractivity contribution in [2.45, 2.75) is 24.9 Å². The van der Waals surface area contributed by atoms with E-state index in [2.05, 4.69) is 5.10 Å². The van der Waals surface area contributed by atoms with Gasteiger partial charge in [-0.05, 0) is 24.1 Å². The van der Waals surface area contributed by atoms with Crippen molar-refractivity contribution in [3.8, 4) is 0 Å². The number of nitrogens with two attached hydrogens (primary N) is 1. The highest BCUT2D eigenvalue weighted by molar-refractivity contribution is 5.77. The van der Waals surface area contributed by atoms with Crippen LogP contribution in [0.15, 0.2) is 42.7 Å². The molecule has 0 aliphatic carbocycles. The number of aromatic nitrogens is 2. The summed E-state index contributed by atoms with van der Waals surface area (Å²) in [6.45, 7) is 1.32. The van der Waals surface area contributed by atoms with Gasteiger partial charge in [-0.2, -0.15) is 5.10 Å². The van der Waals surface area contributed by atoms with E-state index in [1.165, 1.54) is 6.07 Å². The lowest BCUT2D eigenvalue weighted by atomic mass is 10.0. The lowest BCUT2D eigenvalue weighted by Crippen LogP contribution is -2.52. The van der Waals surface area contributed by atoms with Crippen molar-refractivity contribution in [2.24, 2.45) is 5.73 Å². The highest BCUT2D eigenvalue weighted by Gasteiger charge is 2.32. The molecule has 1 amide bonds. The summed E-state index contributed by atoms with van der Waals surface area (Å²) < 4.78 is 15.4. The fourth-order valence-electron chi connectivity index (χ4n) is 2.69. The van der Waals surface area contributed by atoms with Gasteiger partial charge in [0.25, 0.3) is 0 Å². The molecule has 0 saturated carbocycles. The number of hydrogen-bond acceptors (Lipinski definition) is 3. The van der Waals surface area contributed by atoms with Crippen LogP contribution in [0.25, 0.3) is 0 Å². The van der Waals surface area contributed by atoms with Crippen molar-refractivity contribution in [1.82, 2.24) is 14.7 Å². The van der Waals surface area contributed by atoms with Crippen LogP contribution in [0.5, 0.6) is 0 Å². The zero-order valence-corrected chi connectivity index (χ0v) is 12.2. The predicted octanol–water partition coefficient (Wildman–Crippen LogP) is 1.37. The van der Waals surface area contributed by atoms with Crippen molar-refractivity contribution >= 4 is 5.91 Å². The molecule has 2 N–H and O–H groups in total. The Bertz CT molecular complexity index is 637. The molecular weight excluding hydrogens is 283 g/mol. The highest BCUT2D eigenvalue weighted by atomic mass is 19.1. The summed E-state index contributed by atoms with van der Waals surface area (Å²) in [5.74, 6) is -0.250. The first-order valence-corrected chi connectivity index (χ1v) is 7.39. The van der Waals surface area contributed by atoms with E-state index in [9.17, 15) is 9.18 Å². The average Bonchev–Trinajstić information content (AvgIpc) is 2.93. The minimum absolute atomic E-state index is 0.0206. The molecule has 1 aliphatic rings. The molecule has 1 atom stereocenters. The third-order valence-electron chi connectivity index (χ3n) is 3.99. The van der Waals surface area contributed by atoms with Gasteiger partial charge in [-0.25, -0.2) is 4.39 Å². The number of benzene rings is 1. The number of amides is 1. The SMILES string of the molecule is N[C@@H](CC(=O)N1CC(n2cccn2)C1)Cc1ccccc1F. The summed E-state index contributed by atoms with van der Waals surface area (Å²) in [5, 5.41) is 4.17. The highest BCUT2D eigenvalue weighted by Crippen LogP contribution is 2.21. The van der Waals surface area contributed by atoms with Gasteiger partial charge in [-0.15, -0.1) is 0 Å². The molecule has 0 unspecified atom stereocenters. The third-order valence-corrected chi connectivity index (χ3v) is 3.99. The van der Waals surface area contributed by atoms with Crippen LogP contribution in [0.1, 0.15) is 18.0 Å². The lowest BCUT2D eigenvalue weighted by Gasteiger charge is -2.39. The molecule has 0 radical (unpaired) electrons. The van der Waals surface area contributed by atoms with Crippen LogP contribution in [0.3, 0.4) is 0 Å². The normalized spacial score (nSPS) is 16.4. The monoisotopic (exact) mass is 302 g/mol. The largest absolute Gasteiger partial charge is 0.338 e. The second-order valence-corrected chi connectivity index (χ2v) is 5.70. The molecule has 2 heterocycles. The van der Waals surface area contributed by atoms with Crippen molar-refractivity contribution in [3.63, 3.8) is 0 Å². The van der Waals surface area contributed by atoms with Gasteiger partial charge in [0.2, 0.25) is 5.91 Å². The molecule has 116 valence electrons. The van der Waals surface area contributed by atoms with E-state index < -0.39 is 0 Å². The van der Waals surface area contributed by atoms with E-state index >= 15 is 0 Å². The van der Waals surface area contributed by atoms with E-state index in [-0.39, 0.29) is 30.2 Å². The maximum absolute atomic E-state index is 13.6. The molecule has 1 aromatic carbocycles. The molecule has 22 heavy (non-hydrogen) atoms. The minimum atomic E-state index is -0.367. The number of nitrogens with zero attached hydrogens (tertiary/aromatic N) is 3. The summed E-state index contributed by atoms with van der Waals surface area (Å²) in [5.41, 5.74) is 6.55. The molecule has 2 aromatic rings. The standard InChI is InChI=1S/C16H19FN4O/c17-15-5-2-1-4-12(15)8-13(18)9-16(22)20-10-14(11-20)21-7-3-6-19-21/h1-7,13-14H,8-11,18H2/t13-/m1/s1. The molecule has 6 heteroatoms. The van der Waals surface area contributed by atoms with Gasteiger partial charge < -0.3 is 10.6 Å².